The molecule has 1 atom stereocenters. The monoisotopic (exact) mass is 490 g/mol. The average Bonchev–Trinajstić information content (AvgIpc) is 3.26. The molecule has 2 heterocycles. The average molecular weight is 491 g/mol. The number of anilines is 1. The normalized spacial score (nSPS) is 13.3. The lowest BCUT2D eigenvalue weighted by Crippen LogP contribution is -2.23. The molecule has 0 saturated carbocycles. The van der Waals surface area contributed by atoms with Crippen LogP contribution in [0.5, 0.6) is 11.5 Å². The van der Waals surface area contributed by atoms with Gasteiger partial charge in [-0.15, -0.1) is 10.2 Å². The zero-order valence-corrected chi connectivity index (χ0v) is 19.8. The largest absolute Gasteiger partial charge is 0.486 e. The highest BCUT2D eigenvalue weighted by Crippen LogP contribution is 2.33. The van der Waals surface area contributed by atoms with Gasteiger partial charge in [-0.25, -0.2) is 4.39 Å². The highest BCUT2D eigenvalue weighted by atomic mass is 32.2. The van der Waals surface area contributed by atoms with Crippen LogP contribution in [0.1, 0.15) is 18.3 Å². The Kier molecular flexibility index (Phi) is 6.67. The molecule has 35 heavy (non-hydrogen) atoms. The Bertz CT molecular complexity index is 1330. The second kappa shape index (κ2) is 10.2. The summed E-state index contributed by atoms with van der Waals surface area (Å²) in [6.45, 7) is 2.78. The summed E-state index contributed by atoms with van der Waals surface area (Å²) in [5.74, 6) is 1.45. The number of nitrogens with zero attached hydrogens (tertiary/aromatic N) is 3. The van der Waals surface area contributed by atoms with E-state index in [4.69, 9.17) is 9.47 Å². The van der Waals surface area contributed by atoms with E-state index in [1.54, 1.807) is 37.3 Å². The number of halogens is 1. The first-order valence-corrected chi connectivity index (χ1v) is 12.1. The second-order valence-electron chi connectivity index (χ2n) is 7.98. The van der Waals surface area contributed by atoms with Crippen LogP contribution in [-0.4, -0.2) is 39.1 Å². The molecule has 0 fully saturated rings. The fraction of sp³-hybridized carbons (Fsp3) is 0.192. The lowest BCUT2D eigenvalue weighted by Gasteiger charge is -2.19. The number of aromatic nitrogens is 3. The summed E-state index contributed by atoms with van der Waals surface area (Å²) >= 11 is 1.28. The van der Waals surface area contributed by atoms with Crippen LogP contribution in [0.3, 0.4) is 0 Å². The van der Waals surface area contributed by atoms with Crippen molar-refractivity contribution in [3.8, 4) is 17.2 Å². The molecule has 0 unspecified atom stereocenters. The van der Waals surface area contributed by atoms with Crippen molar-refractivity contribution < 1.29 is 18.7 Å². The molecule has 3 aromatic carbocycles. The predicted molar refractivity (Wildman–Crippen MR) is 132 cm³/mol. The van der Waals surface area contributed by atoms with Crippen molar-refractivity contribution in [2.45, 2.75) is 23.8 Å². The number of ether oxygens (including phenoxy) is 2. The van der Waals surface area contributed by atoms with Crippen molar-refractivity contribution >= 4 is 23.4 Å². The number of amides is 1. The lowest BCUT2D eigenvalue weighted by atomic mass is 10.1. The summed E-state index contributed by atoms with van der Waals surface area (Å²) in [4.78, 5) is 13.0. The number of hydrogen-bond donors (Lipinski definition) is 1. The molecule has 0 bridgehead atoms. The molecule has 4 aromatic rings. The maximum atomic E-state index is 13.6. The van der Waals surface area contributed by atoms with Crippen LogP contribution in [-0.2, 0) is 11.2 Å². The van der Waals surface area contributed by atoms with Gasteiger partial charge in [0.05, 0.1) is 5.25 Å². The standard InChI is InChI=1S/C26H23FN4O3S/c1-17(25(32)28-20-9-12-22-23(16-20)34-14-13-33-22)35-26-30-29-24(15-18-5-3-2-4-6-18)31(26)21-10-7-19(27)8-11-21/h2-12,16-17H,13-15H2,1H3,(H,28,32)/t17-/m0/s1. The summed E-state index contributed by atoms with van der Waals surface area (Å²) in [6, 6.07) is 21.4. The number of rotatable bonds is 7. The van der Waals surface area contributed by atoms with Crippen LogP contribution < -0.4 is 14.8 Å². The van der Waals surface area contributed by atoms with Gasteiger partial charge >= 0.3 is 0 Å². The third-order valence-corrected chi connectivity index (χ3v) is 6.49. The Balaban J connectivity index is 1.36. The first kappa shape index (κ1) is 22.9. The maximum absolute atomic E-state index is 13.6. The minimum atomic E-state index is -0.476. The SMILES string of the molecule is C[C@H](Sc1nnc(Cc2ccccc2)n1-c1ccc(F)cc1)C(=O)Nc1ccc2c(c1)OCCO2. The molecule has 1 aromatic heterocycles. The molecule has 0 saturated heterocycles. The molecule has 1 N–H and O–H groups in total. The van der Waals surface area contributed by atoms with Crippen LogP contribution in [0.2, 0.25) is 0 Å². The number of carbonyl (C=O) groups is 1. The Morgan fingerprint density at radius 1 is 1.03 bits per heavy atom. The van der Waals surface area contributed by atoms with E-state index in [1.807, 2.05) is 34.9 Å². The van der Waals surface area contributed by atoms with Crippen LogP contribution in [0.15, 0.2) is 78.0 Å². The number of hydrogen-bond acceptors (Lipinski definition) is 6. The molecular weight excluding hydrogens is 467 g/mol. The van der Waals surface area contributed by atoms with Gasteiger partial charge < -0.3 is 14.8 Å². The molecule has 178 valence electrons. The zero-order chi connectivity index (χ0) is 24.2. The molecule has 1 aliphatic heterocycles. The Labute approximate surface area is 206 Å². The summed E-state index contributed by atoms with van der Waals surface area (Å²) in [5.41, 5.74) is 2.42. The van der Waals surface area contributed by atoms with E-state index >= 15 is 0 Å². The van der Waals surface area contributed by atoms with Crippen molar-refractivity contribution in [2.75, 3.05) is 18.5 Å². The minimum Gasteiger partial charge on any atom is -0.486 e. The highest BCUT2D eigenvalue weighted by molar-refractivity contribution is 8.00. The third-order valence-electron chi connectivity index (χ3n) is 5.45. The van der Waals surface area contributed by atoms with Crippen molar-refractivity contribution in [1.29, 1.82) is 0 Å². The zero-order valence-electron chi connectivity index (χ0n) is 19.0. The van der Waals surface area contributed by atoms with E-state index in [0.29, 0.717) is 47.8 Å². The van der Waals surface area contributed by atoms with Crippen LogP contribution in [0.25, 0.3) is 5.69 Å². The van der Waals surface area contributed by atoms with Gasteiger partial charge in [0.25, 0.3) is 0 Å². The molecule has 0 radical (unpaired) electrons. The summed E-state index contributed by atoms with van der Waals surface area (Å²) < 4.78 is 26.6. The molecule has 1 amide bonds. The lowest BCUT2D eigenvalue weighted by molar-refractivity contribution is -0.115. The molecule has 5 rings (SSSR count). The maximum Gasteiger partial charge on any atom is 0.237 e. The molecule has 7 nitrogen and oxygen atoms in total. The molecule has 0 spiro atoms. The highest BCUT2D eigenvalue weighted by Gasteiger charge is 2.22. The van der Waals surface area contributed by atoms with Crippen molar-refractivity contribution in [1.82, 2.24) is 14.8 Å². The molecule has 9 heteroatoms. The Hall–Kier alpha value is -3.85. The van der Waals surface area contributed by atoms with Gasteiger partial charge in [0, 0.05) is 23.9 Å². The van der Waals surface area contributed by atoms with Gasteiger partial charge in [0.15, 0.2) is 16.7 Å². The van der Waals surface area contributed by atoms with Gasteiger partial charge in [0.1, 0.15) is 24.9 Å². The van der Waals surface area contributed by atoms with E-state index < -0.39 is 5.25 Å². The van der Waals surface area contributed by atoms with Crippen molar-refractivity contribution in [2.24, 2.45) is 0 Å². The Morgan fingerprint density at radius 3 is 2.54 bits per heavy atom. The molecule has 0 aliphatic carbocycles. The van der Waals surface area contributed by atoms with Crippen molar-refractivity contribution in [3.63, 3.8) is 0 Å². The summed E-state index contributed by atoms with van der Waals surface area (Å²) in [6.07, 6.45) is 0.545. The molecule has 1 aliphatic rings. The van der Waals surface area contributed by atoms with Gasteiger partial charge in [-0.3, -0.25) is 9.36 Å². The van der Waals surface area contributed by atoms with E-state index in [9.17, 15) is 9.18 Å². The summed E-state index contributed by atoms with van der Waals surface area (Å²) in [5, 5.41) is 11.8. The quantitative estimate of drug-likeness (QED) is 0.372. The minimum absolute atomic E-state index is 0.190. The smallest absolute Gasteiger partial charge is 0.237 e. The number of carbonyl (C=O) groups excluding carboxylic acids is 1. The third kappa shape index (κ3) is 5.30. The fourth-order valence-electron chi connectivity index (χ4n) is 3.70. The van der Waals surface area contributed by atoms with Gasteiger partial charge in [-0.2, -0.15) is 0 Å². The Morgan fingerprint density at radius 2 is 1.77 bits per heavy atom. The second-order valence-corrected chi connectivity index (χ2v) is 9.29. The first-order valence-electron chi connectivity index (χ1n) is 11.2. The fourth-order valence-corrected chi connectivity index (χ4v) is 4.58. The number of nitrogens with one attached hydrogen (secondary N) is 1. The first-order chi connectivity index (χ1) is 17.1. The van der Waals surface area contributed by atoms with Gasteiger partial charge in [-0.05, 0) is 48.9 Å². The van der Waals surface area contributed by atoms with Crippen LogP contribution >= 0.6 is 11.8 Å². The number of fused-ring (bicyclic) bond motifs is 1. The van der Waals surface area contributed by atoms with Gasteiger partial charge in [-0.1, -0.05) is 42.1 Å². The van der Waals surface area contributed by atoms with E-state index in [1.165, 1.54) is 23.9 Å². The topological polar surface area (TPSA) is 78.3 Å². The molecular formula is C26H23FN4O3S. The number of benzene rings is 3. The predicted octanol–water partition coefficient (Wildman–Crippen LogP) is 4.89. The summed E-state index contributed by atoms with van der Waals surface area (Å²) in [7, 11) is 0. The van der Waals surface area contributed by atoms with Crippen LogP contribution in [0, 0.1) is 5.82 Å². The van der Waals surface area contributed by atoms with Crippen LogP contribution in [0.4, 0.5) is 10.1 Å². The number of thioether (sulfide) groups is 1. The van der Waals surface area contributed by atoms with E-state index in [2.05, 4.69) is 15.5 Å². The van der Waals surface area contributed by atoms with Crippen molar-refractivity contribution in [3.05, 3.63) is 90.0 Å². The van der Waals surface area contributed by atoms with Gasteiger partial charge in [0.2, 0.25) is 5.91 Å². The van der Waals surface area contributed by atoms with E-state index in [0.717, 1.165) is 11.3 Å². The van der Waals surface area contributed by atoms with E-state index in [-0.39, 0.29) is 11.7 Å².